The second kappa shape index (κ2) is 14.1. The predicted octanol–water partition coefficient (Wildman–Crippen LogP) is 8.54. The number of unbranched alkanes of at least 4 members (excludes halogenated alkanes) is 4. The number of nitrogens with zero attached hydrogens (tertiary/aromatic N) is 1. The van der Waals surface area contributed by atoms with Gasteiger partial charge in [-0.1, -0.05) is 83.2 Å². The molecule has 2 aromatic carbocycles. The van der Waals surface area contributed by atoms with Gasteiger partial charge in [0.15, 0.2) is 0 Å². The largest absolute Gasteiger partial charge is 0.425 e. The van der Waals surface area contributed by atoms with Crippen molar-refractivity contribution in [1.29, 1.82) is 5.26 Å². The molecule has 0 aromatic heterocycles. The molecule has 3 heteroatoms. The summed E-state index contributed by atoms with van der Waals surface area (Å²) in [5.41, 5.74) is 4.42. The van der Waals surface area contributed by atoms with Crippen LogP contribution < -0.4 is 4.74 Å². The first-order valence-electron chi connectivity index (χ1n) is 13.9. The van der Waals surface area contributed by atoms with Gasteiger partial charge >= 0.3 is 5.97 Å². The van der Waals surface area contributed by atoms with Crippen molar-refractivity contribution < 1.29 is 9.53 Å². The number of hydrogen-bond acceptors (Lipinski definition) is 3. The van der Waals surface area contributed by atoms with Crippen LogP contribution in [0.3, 0.4) is 0 Å². The third-order valence-electron chi connectivity index (χ3n) is 7.74. The lowest BCUT2D eigenvalue weighted by atomic mass is 9.78. The van der Waals surface area contributed by atoms with Gasteiger partial charge in [0.25, 0.3) is 0 Å². The number of hydrogen-bond donors (Lipinski definition) is 0. The number of carbonyl (C=O) groups excluding carboxylic acids is 1. The Morgan fingerprint density at radius 2 is 1.66 bits per heavy atom. The number of aryl methyl sites for hydroxylation is 1. The zero-order valence-corrected chi connectivity index (χ0v) is 22.0. The van der Waals surface area contributed by atoms with Crippen molar-refractivity contribution in [2.24, 2.45) is 11.8 Å². The molecule has 1 unspecified atom stereocenters. The van der Waals surface area contributed by atoms with E-state index in [-0.39, 0.29) is 11.9 Å². The van der Waals surface area contributed by atoms with Gasteiger partial charge in [0.2, 0.25) is 0 Å². The number of carbonyl (C=O) groups is 1. The molecule has 35 heavy (non-hydrogen) atoms. The molecule has 0 radical (unpaired) electrons. The highest BCUT2D eigenvalue weighted by Crippen LogP contribution is 2.37. The molecule has 0 aliphatic heterocycles. The lowest BCUT2D eigenvalue weighted by Gasteiger charge is -2.27. The van der Waals surface area contributed by atoms with Crippen LogP contribution in [0.5, 0.6) is 5.75 Å². The van der Waals surface area contributed by atoms with Crippen LogP contribution in [0, 0.1) is 23.2 Å². The summed E-state index contributed by atoms with van der Waals surface area (Å²) in [6, 6.07) is 17.1. The average molecular weight is 474 g/mol. The molecule has 3 nitrogen and oxygen atoms in total. The van der Waals surface area contributed by atoms with Crippen LogP contribution >= 0.6 is 0 Å². The van der Waals surface area contributed by atoms with E-state index in [9.17, 15) is 10.1 Å². The zero-order chi connectivity index (χ0) is 25.0. The number of nitriles is 1. The van der Waals surface area contributed by atoms with Crippen LogP contribution in [0.25, 0.3) is 0 Å². The van der Waals surface area contributed by atoms with Crippen molar-refractivity contribution in [3.63, 3.8) is 0 Å². The summed E-state index contributed by atoms with van der Waals surface area (Å²) in [6.07, 6.45) is 13.5. The molecule has 0 spiro atoms. The average Bonchev–Trinajstić information content (AvgIpc) is 2.89. The Bertz CT molecular complexity index is 964. The minimum atomic E-state index is -0.187. The first-order chi connectivity index (χ1) is 17.0. The van der Waals surface area contributed by atoms with Gasteiger partial charge in [0.1, 0.15) is 11.8 Å². The van der Waals surface area contributed by atoms with Crippen molar-refractivity contribution in [3.05, 3.63) is 64.7 Å². The fraction of sp³-hybridized carbons (Fsp3) is 0.562. The van der Waals surface area contributed by atoms with Crippen molar-refractivity contribution in [2.75, 3.05) is 0 Å². The van der Waals surface area contributed by atoms with Gasteiger partial charge in [-0.25, -0.2) is 0 Å². The molecule has 188 valence electrons. The van der Waals surface area contributed by atoms with E-state index in [1.165, 1.54) is 49.7 Å². The minimum absolute atomic E-state index is 0.0834. The first kappa shape index (κ1) is 27.0. The summed E-state index contributed by atoms with van der Waals surface area (Å²) in [7, 11) is 0. The Balaban J connectivity index is 1.48. The molecule has 2 aromatic rings. The van der Waals surface area contributed by atoms with Crippen LogP contribution in [-0.4, -0.2) is 5.97 Å². The van der Waals surface area contributed by atoms with Crippen molar-refractivity contribution in [2.45, 2.75) is 104 Å². The van der Waals surface area contributed by atoms with Gasteiger partial charge in [-0.15, -0.1) is 0 Å². The van der Waals surface area contributed by atoms with Crippen molar-refractivity contribution in [1.82, 2.24) is 0 Å². The summed E-state index contributed by atoms with van der Waals surface area (Å²) in [5.74, 6) is 1.22. The van der Waals surface area contributed by atoms with Crippen LogP contribution in [0.4, 0.5) is 0 Å². The number of benzene rings is 2. The molecule has 1 saturated carbocycles. The van der Waals surface area contributed by atoms with Crippen LogP contribution in [0.1, 0.15) is 113 Å². The first-order valence-corrected chi connectivity index (χ1v) is 13.9. The highest BCUT2D eigenvalue weighted by atomic mass is 16.5. The van der Waals surface area contributed by atoms with E-state index in [0.29, 0.717) is 23.1 Å². The maximum absolute atomic E-state index is 12.9. The molecule has 0 N–H and O–H groups in total. The number of rotatable bonds is 12. The standard InChI is InChI=1S/C32H43NO2/c1-4-6-7-8-9-10-25-11-14-27(15-12-25)28-16-18-29(19-17-28)32(34)35-31-20-13-26(21-24(3)5-2)22-30(31)23-33/h11-15,20,22,24,28-29H,4-10,16-19,21H2,1-3H3. The number of ether oxygens (including phenoxy) is 1. The van der Waals surface area contributed by atoms with Gasteiger partial charge in [0, 0.05) is 0 Å². The molecule has 1 atom stereocenters. The van der Waals surface area contributed by atoms with E-state index in [1.807, 2.05) is 12.1 Å². The summed E-state index contributed by atoms with van der Waals surface area (Å²) in [5, 5.41) is 9.58. The maximum atomic E-state index is 12.9. The molecule has 0 heterocycles. The van der Waals surface area contributed by atoms with E-state index >= 15 is 0 Å². The Morgan fingerprint density at radius 1 is 0.971 bits per heavy atom. The molecule has 0 saturated heterocycles. The summed E-state index contributed by atoms with van der Waals surface area (Å²) in [4.78, 5) is 12.9. The van der Waals surface area contributed by atoms with E-state index in [1.54, 1.807) is 6.07 Å². The number of esters is 1. The molecular weight excluding hydrogens is 430 g/mol. The topological polar surface area (TPSA) is 50.1 Å². The monoisotopic (exact) mass is 473 g/mol. The normalized spacial score (nSPS) is 18.6. The summed E-state index contributed by atoms with van der Waals surface area (Å²) in [6.45, 7) is 6.64. The van der Waals surface area contributed by atoms with Crippen molar-refractivity contribution in [3.8, 4) is 11.8 Å². The van der Waals surface area contributed by atoms with E-state index in [2.05, 4.69) is 51.1 Å². The van der Waals surface area contributed by atoms with Gasteiger partial charge in [-0.2, -0.15) is 5.26 Å². The van der Waals surface area contributed by atoms with E-state index in [4.69, 9.17) is 4.74 Å². The van der Waals surface area contributed by atoms with E-state index < -0.39 is 0 Å². The van der Waals surface area contributed by atoms with Gasteiger partial charge in [-0.3, -0.25) is 4.79 Å². The Hall–Kier alpha value is -2.60. The summed E-state index contributed by atoms with van der Waals surface area (Å²) >= 11 is 0. The highest BCUT2D eigenvalue weighted by Gasteiger charge is 2.29. The molecule has 1 aliphatic carbocycles. The van der Waals surface area contributed by atoms with Crippen molar-refractivity contribution >= 4 is 5.97 Å². The van der Waals surface area contributed by atoms with Gasteiger partial charge < -0.3 is 4.74 Å². The highest BCUT2D eigenvalue weighted by molar-refractivity contribution is 5.76. The van der Waals surface area contributed by atoms with Gasteiger partial charge in [0.05, 0.1) is 11.5 Å². The predicted molar refractivity (Wildman–Crippen MR) is 144 cm³/mol. The fourth-order valence-corrected chi connectivity index (χ4v) is 5.17. The molecule has 1 aliphatic rings. The van der Waals surface area contributed by atoms with Crippen LogP contribution in [-0.2, 0) is 17.6 Å². The summed E-state index contributed by atoms with van der Waals surface area (Å²) < 4.78 is 5.72. The molecule has 0 bridgehead atoms. The zero-order valence-electron chi connectivity index (χ0n) is 22.0. The van der Waals surface area contributed by atoms with Gasteiger partial charge in [-0.05, 0) is 85.6 Å². The Labute approximate surface area is 212 Å². The Kier molecular flexibility index (Phi) is 10.9. The third-order valence-corrected chi connectivity index (χ3v) is 7.74. The lowest BCUT2D eigenvalue weighted by molar-refractivity contribution is -0.140. The van der Waals surface area contributed by atoms with Crippen LogP contribution in [0.15, 0.2) is 42.5 Å². The second-order valence-electron chi connectivity index (χ2n) is 10.5. The smallest absolute Gasteiger partial charge is 0.314 e. The fourth-order valence-electron chi connectivity index (χ4n) is 5.17. The molecule has 0 amide bonds. The quantitative estimate of drug-likeness (QED) is 0.176. The molecular formula is C32H43NO2. The van der Waals surface area contributed by atoms with Crippen LogP contribution in [0.2, 0.25) is 0 Å². The lowest BCUT2D eigenvalue weighted by Crippen LogP contribution is -2.25. The minimum Gasteiger partial charge on any atom is -0.425 e. The second-order valence-corrected chi connectivity index (χ2v) is 10.5. The molecule has 1 fully saturated rings. The third kappa shape index (κ3) is 8.24. The van der Waals surface area contributed by atoms with E-state index in [0.717, 1.165) is 44.1 Å². The SMILES string of the molecule is CCCCCCCc1ccc(C2CCC(C(=O)Oc3ccc(CC(C)CC)cc3C#N)CC2)cc1. The molecule has 3 rings (SSSR count). The maximum Gasteiger partial charge on any atom is 0.314 e. The Morgan fingerprint density at radius 3 is 2.31 bits per heavy atom.